The molecule has 7 heteroatoms. The van der Waals surface area contributed by atoms with E-state index in [9.17, 15) is 13.2 Å². The van der Waals surface area contributed by atoms with Crippen LogP contribution in [-0.4, -0.2) is 51.2 Å². The van der Waals surface area contributed by atoms with Gasteiger partial charge in [0.25, 0.3) is 5.91 Å². The van der Waals surface area contributed by atoms with Gasteiger partial charge < -0.3 is 10.2 Å². The van der Waals surface area contributed by atoms with E-state index in [2.05, 4.69) is 10.0 Å². The van der Waals surface area contributed by atoms with Crippen LogP contribution < -0.4 is 10.0 Å². The first-order valence-corrected chi connectivity index (χ1v) is 8.77. The Morgan fingerprint density at radius 2 is 2.14 bits per heavy atom. The average molecular weight is 311 g/mol. The second kappa shape index (κ2) is 6.03. The van der Waals surface area contributed by atoms with Crippen LogP contribution in [0.3, 0.4) is 0 Å². The van der Waals surface area contributed by atoms with Crippen molar-refractivity contribution in [3.8, 4) is 0 Å². The molecule has 1 aromatic rings. The van der Waals surface area contributed by atoms with E-state index in [1.807, 2.05) is 11.8 Å². The van der Waals surface area contributed by atoms with Crippen molar-refractivity contribution in [2.45, 2.75) is 19.9 Å². The van der Waals surface area contributed by atoms with Crippen LogP contribution >= 0.6 is 0 Å². The van der Waals surface area contributed by atoms with Gasteiger partial charge in [0.1, 0.15) is 0 Å². The molecular weight excluding hydrogens is 290 g/mol. The van der Waals surface area contributed by atoms with E-state index in [4.69, 9.17) is 0 Å². The topological polar surface area (TPSA) is 78.5 Å². The summed E-state index contributed by atoms with van der Waals surface area (Å²) >= 11 is 0. The van der Waals surface area contributed by atoms with Gasteiger partial charge in [0.15, 0.2) is 0 Å². The number of aryl methyl sites for hydroxylation is 1. The summed E-state index contributed by atoms with van der Waals surface area (Å²) in [6, 6.07) is 5.22. The molecule has 0 saturated carbocycles. The minimum Gasteiger partial charge on any atom is -0.333 e. The van der Waals surface area contributed by atoms with Crippen molar-refractivity contribution in [3.05, 3.63) is 29.3 Å². The normalized spacial score (nSPS) is 19.4. The maximum absolute atomic E-state index is 12.6. The zero-order valence-electron chi connectivity index (χ0n) is 12.5. The SMILES string of the molecule is Cc1ccc(C(=O)N2CCNC[C@H]2C)cc1NS(C)(=O)=O. The smallest absolute Gasteiger partial charge is 0.254 e. The molecule has 1 aliphatic rings. The second-order valence-electron chi connectivity index (χ2n) is 5.46. The zero-order valence-corrected chi connectivity index (χ0v) is 13.3. The third kappa shape index (κ3) is 3.95. The number of benzene rings is 1. The number of sulfonamides is 1. The Bertz CT molecular complexity index is 643. The number of rotatable bonds is 3. The molecule has 1 amide bonds. The highest BCUT2D eigenvalue weighted by Gasteiger charge is 2.24. The lowest BCUT2D eigenvalue weighted by molar-refractivity contribution is 0.0656. The van der Waals surface area contributed by atoms with Gasteiger partial charge in [-0.25, -0.2) is 8.42 Å². The molecule has 1 heterocycles. The van der Waals surface area contributed by atoms with Crippen molar-refractivity contribution < 1.29 is 13.2 Å². The van der Waals surface area contributed by atoms with Crippen molar-refractivity contribution in [1.29, 1.82) is 0 Å². The fraction of sp³-hybridized carbons (Fsp3) is 0.500. The van der Waals surface area contributed by atoms with Crippen LogP contribution in [0, 0.1) is 6.92 Å². The Morgan fingerprint density at radius 3 is 2.76 bits per heavy atom. The number of carbonyl (C=O) groups is 1. The van der Waals surface area contributed by atoms with E-state index in [0.29, 0.717) is 17.8 Å². The van der Waals surface area contributed by atoms with Gasteiger partial charge in [0, 0.05) is 31.2 Å². The Labute approximate surface area is 125 Å². The van der Waals surface area contributed by atoms with Crippen molar-refractivity contribution in [3.63, 3.8) is 0 Å². The molecule has 2 rings (SSSR count). The minimum atomic E-state index is -3.36. The predicted octanol–water partition coefficient (Wildman–Crippen LogP) is 0.800. The molecular formula is C14H21N3O3S. The standard InChI is InChI=1S/C14H21N3O3S/c1-10-4-5-12(8-13(10)16-21(3,19)20)14(18)17-7-6-15-9-11(17)2/h4-5,8,11,15-16H,6-7,9H2,1-3H3/t11-/m1/s1. The van der Waals surface area contributed by atoms with E-state index in [0.717, 1.165) is 24.9 Å². The van der Waals surface area contributed by atoms with Gasteiger partial charge in [-0.2, -0.15) is 0 Å². The lowest BCUT2D eigenvalue weighted by Crippen LogP contribution is -2.52. The molecule has 1 saturated heterocycles. The number of anilines is 1. The highest BCUT2D eigenvalue weighted by molar-refractivity contribution is 7.92. The van der Waals surface area contributed by atoms with Gasteiger partial charge in [0.2, 0.25) is 10.0 Å². The maximum atomic E-state index is 12.6. The fourth-order valence-electron chi connectivity index (χ4n) is 2.37. The van der Waals surface area contributed by atoms with Gasteiger partial charge in [0.05, 0.1) is 11.9 Å². The number of nitrogens with one attached hydrogen (secondary N) is 2. The predicted molar refractivity (Wildman–Crippen MR) is 83.0 cm³/mol. The Kier molecular flexibility index (Phi) is 4.53. The van der Waals surface area contributed by atoms with E-state index < -0.39 is 10.0 Å². The van der Waals surface area contributed by atoms with Gasteiger partial charge in [-0.15, -0.1) is 0 Å². The molecule has 0 aromatic heterocycles. The molecule has 116 valence electrons. The Morgan fingerprint density at radius 1 is 1.43 bits per heavy atom. The number of piperazine rings is 1. The summed E-state index contributed by atoms with van der Waals surface area (Å²) in [4.78, 5) is 14.4. The summed E-state index contributed by atoms with van der Waals surface area (Å²) in [6.45, 7) is 5.99. The van der Waals surface area contributed by atoms with E-state index in [1.165, 1.54) is 0 Å². The van der Waals surface area contributed by atoms with Crippen molar-refractivity contribution in [2.75, 3.05) is 30.6 Å². The van der Waals surface area contributed by atoms with E-state index in [1.54, 1.807) is 25.1 Å². The summed E-state index contributed by atoms with van der Waals surface area (Å²) < 4.78 is 25.2. The fourth-order valence-corrected chi connectivity index (χ4v) is 2.99. The van der Waals surface area contributed by atoms with Crippen LogP contribution in [0.1, 0.15) is 22.8 Å². The van der Waals surface area contributed by atoms with Crippen molar-refractivity contribution in [2.24, 2.45) is 0 Å². The minimum absolute atomic E-state index is 0.0689. The Hall–Kier alpha value is -1.60. The van der Waals surface area contributed by atoms with Gasteiger partial charge in [-0.3, -0.25) is 9.52 Å². The summed E-state index contributed by atoms with van der Waals surface area (Å²) in [7, 11) is -3.36. The number of hydrogen-bond acceptors (Lipinski definition) is 4. The molecule has 0 unspecified atom stereocenters. The summed E-state index contributed by atoms with van der Waals surface area (Å²) in [5.74, 6) is -0.0689. The number of carbonyl (C=O) groups excluding carboxylic acids is 1. The first-order valence-electron chi connectivity index (χ1n) is 6.88. The van der Waals surface area contributed by atoms with Crippen LogP contribution in [-0.2, 0) is 10.0 Å². The molecule has 21 heavy (non-hydrogen) atoms. The van der Waals surface area contributed by atoms with Crippen LogP contribution in [0.4, 0.5) is 5.69 Å². The molecule has 6 nitrogen and oxygen atoms in total. The highest BCUT2D eigenvalue weighted by atomic mass is 32.2. The van der Waals surface area contributed by atoms with Crippen LogP contribution in [0.5, 0.6) is 0 Å². The second-order valence-corrected chi connectivity index (χ2v) is 7.20. The highest BCUT2D eigenvalue weighted by Crippen LogP contribution is 2.20. The molecule has 1 fully saturated rings. The molecule has 0 aliphatic carbocycles. The van der Waals surface area contributed by atoms with Crippen molar-refractivity contribution in [1.82, 2.24) is 10.2 Å². The lowest BCUT2D eigenvalue weighted by atomic mass is 10.1. The largest absolute Gasteiger partial charge is 0.333 e. The van der Waals surface area contributed by atoms with E-state index >= 15 is 0 Å². The van der Waals surface area contributed by atoms with Gasteiger partial charge in [-0.05, 0) is 31.5 Å². The summed E-state index contributed by atoms with van der Waals surface area (Å²) in [5.41, 5.74) is 1.73. The average Bonchev–Trinajstić information content (AvgIpc) is 2.39. The lowest BCUT2D eigenvalue weighted by Gasteiger charge is -2.34. The van der Waals surface area contributed by atoms with Crippen LogP contribution in [0.15, 0.2) is 18.2 Å². The molecule has 0 bridgehead atoms. The molecule has 1 aromatic carbocycles. The number of nitrogens with zero attached hydrogens (tertiary/aromatic N) is 1. The van der Waals surface area contributed by atoms with Crippen LogP contribution in [0.25, 0.3) is 0 Å². The number of hydrogen-bond donors (Lipinski definition) is 2. The maximum Gasteiger partial charge on any atom is 0.254 e. The monoisotopic (exact) mass is 311 g/mol. The molecule has 0 spiro atoms. The van der Waals surface area contributed by atoms with Gasteiger partial charge in [-0.1, -0.05) is 6.07 Å². The summed E-state index contributed by atoms with van der Waals surface area (Å²) in [5, 5.41) is 3.24. The van der Waals surface area contributed by atoms with Crippen LogP contribution in [0.2, 0.25) is 0 Å². The number of amides is 1. The molecule has 0 radical (unpaired) electrons. The third-order valence-electron chi connectivity index (χ3n) is 3.54. The van der Waals surface area contributed by atoms with Gasteiger partial charge >= 0.3 is 0 Å². The zero-order chi connectivity index (χ0) is 15.6. The quantitative estimate of drug-likeness (QED) is 0.865. The molecule has 1 aliphatic heterocycles. The Balaban J connectivity index is 2.27. The molecule has 1 atom stereocenters. The van der Waals surface area contributed by atoms with E-state index in [-0.39, 0.29) is 11.9 Å². The summed E-state index contributed by atoms with van der Waals surface area (Å²) in [6.07, 6.45) is 1.10. The first-order chi connectivity index (χ1) is 9.78. The first kappa shape index (κ1) is 15.8. The van der Waals surface area contributed by atoms with Crippen molar-refractivity contribution >= 4 is 21.6 Å². The third-order valence-corrected chi connectivity index (χ3v) is 4.13. The molecule has 2 N–H and O–H groups in total.